The molecule has 0 aliphatic carbocycles. The number of likely N-dealkylation sites (N-methyl/N-ethyl adjacent to an activating group) is 4. The maximum atomic E-state index is 13.4. The van der Waals surface area contributed by atoms with Crippen LogP contribution in [0.15, 0.2) is 149 Å². The number of fused-ring (bicyclic) bond motifs is 3. The van der Waals surface area contributed by atoms with E-state index in [9.17, 15) is 33.6 Å². The molecule has 4 aromatic carbocycles. The second-order valence-electron chi connectivity index (χ2n) is 30.5. The highest BCUT2D eigenvalue weighted by atomic mass is 35.5. The molecule has 0 saturated heterocycles. The number of urea groups is 2. The van der Waals surface area contributed by atoms with Gasteiger partial charge in [0.15, 0.2) is 15.8 Å². The lowest BCUT2D eigenvalue weighted by atomic mass is 10.0. The smallest absolute Gasteiger partial charge is 0.436 e. The van der Waals surface area contributed by atoms with Crippen molar-refractivity contribution >= 4 is 141 Å². The molecule has 5 aromatic heterocycles. The Balaban J connectivity index is 0.000000522. The van der Waals surface area contributed by atoms with Gasteiger partial charge in [-0.15, -0.1) is 80.1 Å². The summed E-state index contributed by atoms with van der Waals surface area (Å²) in [6.45, 7) is 30.0. The first-order valence-corrected chi connectivity index (χ1v) is 43.4. The Morgan fingerprint density at radius 1 is 0.579 bits per heavy atom. The summed E-state index contributed by atoms with van der Waals surface area (Å²) in [6.07, 6.45) is 3.60. The van der Waals surface area contributed by atoms with Gasteiger partial charge in [-0.1, -0.05) is 142 Å². The van der Waals surface area contributed by atoms with Crippen LogP contribution in [-0.4, -0.2) is 248 Å². The van der Waals surface area contributed by atoms with Gasteiger partial charge in [0, 0.05) is 85.7 Å². The van der Waals surface area contributed by atoms with Crippen LogP contribution in [-0.2, 0) is 50.5 Å². The van der Waals surface area contributed by atoms with Gasteiger partial charge < -0.3 is 87.3 Å². The Labute approximate surface area is 776 Å². The van der Waals surface area contributed by atoms with Crippen LogP contribution in [0.1, 0.15) is 176 Å². The van der Waals surface area contributed by atoms with E-state index in [1.54, 1.807) is 52.9 Å². The molecule has 0 saturated carbocycles. The highest BCUT2D eigenvalue weighted by Crippen LogP contribution is 2.43. The van der Waals surface area contributed by atoms with E-state index in [0.717, 1.165) is 68.8 Å². The number of aromatic amines is 1. The number of nitrogens with one attached hydrogen (secondary N) is 5. The van der Waals surface area contributed by atoms with Crippen molar-refractivity contribution in [1.82, 2.24) is 90.0 Å². The van der Waals surface area contributed by atoms with Crippen molar-refractivity contribution < 1.29 is 48.1 Å². The Morgan fingerprint density at radius 3 is 1.34 bits per heavy atom. The normalized spacial score (nSPS) is 13.8. The summed E-state index contributed by atoms with van der Waals surface area (Å²) in [5, 5.41) is 39.2. The first-order chi connectivity index (χ1) is 58.9. The number of halogens is 5. The summed E-state index contributed by atoms with van der Waals surface area (Å²) < 4.78 is 12.1. The summed E-state index contributed by atoms with van der Waals surface area (Å²) in [5.41, 5.74) is 25.3. The number of aliphatic hydroxyl groups is 1. The van der Waals surface area contributed by atoms with Crippen molar-refractivity contribution in [2.24, 2.45) is 10.7 Å². The number of thiazole rings is 2. The number of anilines is 3. The third-order valence-electron chi connectivity index (χ3n) is 19.4. The summed E-state index contributed by atoms with van der Waals surface area (Å²) >= 11 is 17.1. The maximum absolute atomic E-state index is 13.4. The number of aliphatic imine (C=N–C) groups is 1. The van der Waals surface area contributed by atoms with Crippen LogP contribution in [0.5, 0.6) is 0 Å². The highest BCUT2D eigenvalue weighted by Gasteiger charge is 2.47. The number of nitrogens with zero attached hydrogens (tertiary/aromatic N) is 15. The number of aliphatic hydroxyl groups excluding tert-OH is 1. The molecule has 33 nitrogen and oxygen atoms in total. The van der Waals surface area contributed by atoms with Gasteiger partial charge in [0.05, 0.1) is 77.4 Å². The number of carbonyl (C=O) groups is 6. The predicted molar refractivity (Wildman–Crippen MR) is 509 cm³/mol. The predicted octanol–water partition coefficient (Wildman–Crippen LogP) is 14.1. The number of nitrogen functional groups attached to an aromatic ring is 2. The van der Waals surface area contributed by atoms with Crippen LogP contribution in [0, 0.1) is 0 Å². The third kappa shape index (κ3) is 33.9. The summed E-state index contributed by atoms with van der Waals surface area (Å²) in [7, 11) is 16.9. The number of amides is 5. The van der Waals surface area contributed by atoms with E-state index >= 15 is 0 Å². The number of ether oxygens (including phenoxy) is 2. The Morgan fingerprint density at radius 2 is 0.976 bits per heavy atom. The van der Waals surface area contributed by atoms with Crippen molar-refractivity contribution in [3.8, 4) is 0 Å². The number of nitrogens with two attached hydrogens (primary N) is 3. The van der Waals surface area contributed by atoms with Crippen molar-refractivity contribution in [3.05, 3.63) is 211 Å². The molecule has 3 aliphatic heterocycles. The van der Waals surface area contributed by atoms with Gasteiger partial charge in [0.1, 0.15) is 17.7 Å². The molecular formula is C86H128Cl5N23O10S2. The van der Waals surface area contributed by atoms with Crippen molar-refractivity contribution in [2.75, 3.05) is 145 Å². The fourth-order valence-corrected chi connectivity index (χ4v) is 14.2. The first-order valence-electron chi connectivity index (χ1n) is 40.2. The number of isocyanates is 1. The van der Waals surface area contributed by atoms with E-state index in [1.165, 1.54) is 47.9 Å². The van der Waals surface area contributed by atoms with Gasteiger partial charge in [0.25, 0.3) is 11.1 Å². The van der Waals surface area contributed by atoms with Gasteiger partial charge in [-0.25, -0.2) is 33.9 Å². The van der Waals surface area contributed by atoms with Crippen LogP contribution in [0.3, 0.4) is 0 Å². The maximum Gasteiger partial charge on any atom is 0.436 e. The van der Waals surface area contributed by atoms with Crippen LogP contribution in [0.25, 0.3) is 0 Å². The second kappa shape index (κ2) is 56.6. The van der Waals surface area contributed by atoms with Gasteiger partial charge in [-0.05, 0) is 165 Å². The van der Waals surface area contributed by atoms with Gasteiger partial charge in [0.2, 0.25) is 6.08 Å². The van der Waals surface area contributed by atoms with E-state index in [1.807, 2.05) is 222 Å². The number of carbonyl (C=O) groups excluding carboxylic acids is 7. The Kier molecular flexibility index (Phi) is 50.6. The molecular weight excluding hydrogens is 1760 g/mol. The molecule has 8 heterocycles. The van der Waals surface area contributed by atoms with E-state index in [4.69, 9.17) is 66.6 Å². The van der Waals surface area contributed by atoms with Crippen molar-refractivity contribution in [2.45, 2.75) is 137 Å². The molecule has 0 spiro atoms. The van der Waals surface area contributed by atoms with E-state index in [2.05, 4.69) is 99.3 Å². The monoisotopic (exact) mass is 1880 g/mol. The summed E-state index contributed by atoms with van der Waals surface area (Å²) in [4.78, 5) is 109. The molecule has 126 heavy (non-hydrogen) atoms. The number of hydrogen-bond acceptors (Lipinski definition) is 27. The van der Waals surface area contributed by atoms with Crippen LogP contribution in [0.2, 0.25) is 0 Å². The third-order valence-corrected chi connectivity index (χ3v) is 21.2. The SMILES string of the molecule is CCN(CC)CC.CCOC(=O)n1nc2c(c1N)CN(C(=O)N[C@H](CN(C)C)c1ccccc1)C2(C)C.CCOC(=O)n1nc2c(c1N)CNC2(C)C.CN(C)C[C@@H](N)c1ccccc1.CN(C)C[C@@H](N=C=O)c1ccccc1.CN(C)C[C@@H](NC(=O)N1Cc2c(NC(=O)c3nccs3)n[nH]c2C1(C)C)c1ccccc1.CO.Cl.Cl.ClCCl.O=C(Cl)c1nccs1. The zero-order chi connectivity index (χ0) is 92.6. The molecule has 12 N–H and O–H groups in total. The molecule has 4 atom stereocenters. The Hall–Kier alpha value is -9.50. The number of alkyl halides is 2. The lowest BCUT2D eigenvalue weighted by molar-refractivity contribution is 0.102. The molecule has 0 radical (unpaired) electrons. The molecule has 5 amide bonds. The zero-order valence-electron chi connectivity index (χ0n) is 75.7. The number of H-pyrrole nitrogens is 1. The minimum atomic E-state index is -0.732. The average Bonchev–Trinajstić information content (AvgIpc) is 1.59. The summed E-state index contributed by atoms with van der Waals surface area (Å²) in [6, 6.07) is 39.0. The molecule has 3 aliphatic rings. The molecule has 40 heteroatoms. The fourth-order valence-electron chi connectivity index (χ4n) is 13.1. The van der Waals surface area contributed by atoms with E-state index in [0.29, 0.717) is 65.7 Å². The van der Waals surface area contributed by atoms with E-state index < -0.39 is 28.5 Å². The molecule has 0 unspecified atom stereocenters. The molecule has 12 rings (SSSR count). The highest BCUT2D eigenvalue weighted by molar-refractivity contribution is 7.13. The minimum absolute atomic E-state index is 0. The number of benzene rings is 4. The molecule has 0 fully saturated rings. The molecule has 694 valence electrons. The lowest BCUT2D eigenvalue weighted by Gasteiger charge is -2.34. The van der Waals surface area contributed by atoms with Crippen molar-refractivity contribution in [3.63, 3.8) is 0 Å². The molecule has 0 bridgehead atoms. The lowest BCUT2D eigenvalue weighted by Crippen LogP contribution is -2.48. The van der Waals surface area contributed by atoms with Crippen LogP contribution in [0.4, 0.5) is 36.6 Å². The minimum Gasteiger partial charge on any atom is -0.448 e. The van der Waals surface area contributed by atoms with Gasteiger partial charge in [-0.3, -0.25) is 14.7 Å². The topological polar surface area (TPSA) is 409 Å². The molecule has 9 aromatic rings. The Bertz CT molecular complexity index is 4710. The van der Waals surface area contributed by atoms with E-state index in [-0.39, 0.29) is 96.8 Å². The number of rotatable bonds is 23. The van der Waals surface area contributed by atoms with Gasteiger partial charge in [-0.2, -0.15) is 20.3 Å². The average molecular weight is 1890 g/mol. The first kappa shape index (κ1) is 113. The zero-order valence-corrected chi connectivity index (χ0v) is 81.2. The second-order valence-corrected chi connectivity index (χ2v) is 33.4. The fraction of sp³-hybridized carbons (Fsp3) is 0.465. The van der Waals surface area contributed by atoms with Crippen LogP contribution >= 0.6 is 82.3 Å². The van der Waals surface area contributed by atoms with Crippen LogP contribution < -0.4 is 38.5 Å². The van der Waals surface area contributed by atoms with Gasteiger partial charge >= 0.3 is 24.2 Å². The quantitative estimate of drug-likeness (QED) is 0.0124. The van der Waals surface area contributed by atoms with Crippen molar-refractivity contribution in [1.29, 1.82) is 0 Å². The number of aromatic nitrogens is 8. The number of hydrogen-bond donors (Lipinski definition) is 9. The largest absolute Gasteiger partial charge is 0.448 e. The summed E-state index contributed by atoms with van der Waals surface area (Å²) in [5.74, 6) is 0.688. The standard InChI is InChI=1S/C22H27N7O2S.C21H30N6O3.C11H14N2O.C10H16N4O2.C10H16N2.C6H15N.C4H2ClNOS.CH2Cl2.CH4O.2ClH/c1-22(2)17-15(18(27-26-17)25-19(30)20-23-10-11-32-20)12-29(22)21(31)24-16(13-28(3)4)14-8-6-5-7-9-14;1-6-30-20(29)27-18(22)15-12-26(21(2,3)17(15)24-27)19(28)23-16(13-25(4)5)14-10-8-7-9-11-14;1-13(2)8-11(12-9-14)10-6-4-3-5-7-10;1-4-16-9(15)14-8(11)6-5-12-10(2,3)7(6)13-14;1-12(2)8-10(11)9-6-4-3-5-7-9;1-4-7(5-2)6-3;5-3(7)4-6-1-2-8-4;2-1-3;1-2;;/h5-11,16H,12-13H2,1-4H3,(H,24,31)(H2,25,26,27,30);7-11,16H,6,12-13,22H2,1-5H3,(H,23,28);3-7,11H,8H2,1-2H3;12H,4-5,11H2,1-3H3;3-7,10H,8,11H2,1-2H3;4-6H2,1-3H3;1-2H;1H2;2H,1H3;2*1H/t2*16-;11-;;10-;;;;;;/m111.1....../s1.